The number of rotatable bonds is 4. The molecule has 3 aromatic heterocycles. The molecule has 3 aromatic rings. The van der Waals surface area contributed by atoms with Crippen molar-refractivity contribution in [3.63, 3.8) is 0 Å². The fourth-order valence-electron chi connectivity index (χ4n) is 2.91. The smallest absolute Gasteiger partial charge is 0.235 e. The Balaban J connectivity index is 1.55. The van der Waals surface area contributed by atoms with Gasteiger partial charge in [-0.1, -0.05) is 11.8 Å². The van der Waals surface area contributed by atoms with Gasteiger partial charge in [-0.25, -0.2) is 4.98 Å². The van der Waals surface area contributed by atoms with Crippen molar-refractivity contribution in [3.8, 4) is 10.8 Å². The molecule has 1 aliphatic rings. The van der Waals surface area contributed by atoms with Crippen LogP contribution in [0.2, 0.25) is 0 Å². The van der Waals surface area contributed by atoms with E-state index in [4.69, 9.17) is 0 Å². The average Bonchev–Trinajstić information content (AvgIpc) is 3.30. The molecule has 1 atom stereocenters. The fraction of sp³-hybridized carbons (Fsp3) is 0.438. The van der Waals surface area contributed by atoms with Crippen LogP contribution in [0.5, 0.6) is 0 Å². The lowest BCUT2D eigenvalue weighted by atomic mass is 10.1. The van der Waals surface area contributed by atoms with Gasteiger partial charge >= 0.3 is 0 Å². The third kappa shape index (κ3) is 3.38. The highest BCUT2D eigenvalue weighted by Crippen LogP contribution is 2.26. The molecule has 130 valence electrons. The molecule has 1 unspecified atom stereocenters. The molecule has 1 aliphatic heterocycles. The first kappa shape index (κ1) is 16.5. The molecule has 0 radical (unpaired) electrons. The molecule has 1 amide bonds. The van der Waals surface area contributed by atoms with Gasteiger partial charge in [0.2, 0.25) is 11.7 Å². The van der Waals surface area contributed by atoms with Crippen molar-refractivity contribution in [2.75, 3.05) is 13.1 Å². The van der Waals surface area contributed by atoms with E-state index in [1.54, 1.807) is 10.7 Å². The summed E-state index contributed by atoms with van der Waals surface area (Å²) in [5.74, 6) is 0.818. The topological polar surface area (TPSA) is 76.3 Å². The highest BCUT2D eigenvalue weighted by Gasteiger charge is 2.23. The Kier molecular flexibility index (Phi) is 4.67. The third-order valence-corrected chi connectivity index (χ3v) is 5.96. The van der Waals surface area contributed by atoms with Gasteiger partial charge in [0.1, 0.15) is 5.03 Å². The first-order valence-electron chi connectivity index (χ1n) is 8.30. The number of aromatic nitrogens is 5. The van der Waals surface area contributed by atoms with Gasteiger partial charge in [-0.05, 0) is 38.3 Å². The van der Waals surface area contributed by atoms with Crippen LogP contribution in [-0.2, 0) is 4.79 Å². The number of carbonyl (C=O) groups excluding carboxylic acids is 1. The summed E-state index contributed by atoms with van der Waals surface area (Å²) in [6.45, 7) is 3.69. The molecule has 1 fully saturated rings. The average molecular weight is 374 g/mol. The van der Waals surface area contributed by atoms with Crippen LogP contribution >= 0.6 is 23.1 Å². The van der Waals surface area contributed by atoms with E-state index in [0.717, 1.165) is 36.0 Å². The predicted octanol–water partition coefficient (Wildman–Crippen LogP) is 2.74. The summed E-state index contributed by atoms with van der Waals surface area (Å²) in [5, 5.41) is 16.2. The van der Waals surface area contributed by atoms with Crippen molar-refractivity contribution in [1.29, 1.82) is 0 Å². The molecular weight excluding hydrogens is 356 g/mol. The number of amides is 1. The number of hydrogen-bond donors (Lipinski definition) is 0. The second-order valence-corrected chi connectivity index (χ2v) is 8.20. The molecule has 4 rings (SSSR count). The van der Waals surface area contributed by atoms with Gasteiger partial charge in [-0.15, -0.1) is 21.5 Å². The van der Waals surface area contributed by atoms with Crippen molar-refractivity contribution in [1.82, 2.24) is 29.7 Å². The van der Waals surface area contributed by atoms with E-state index in [0.29, 0.717) is 11.5 Å². The SMILES string of the molecule is CC(Sc1ccc2nnc(-c3nccs3)n2n1)C(=O)N1CCCCC1. The lowest BCUT2D eigenvalue weighted by Gasteiger charge is -2.28. The van der Waals surface area contributed by atoms with Crippen LogP contribution in [0, 0.1) is 0 Å². The maximum absolute atomic E-state index is 12.6. The zero-order chi connectivity index (χ0) is 17.2. The number of piperidine rings is 1. The van der Waals surface area contributed by atoms with Crippen LogP contribution in [0.3, 0.4) is 0 Å². The predicted molar refractivity (Wildman–Crippen MR) is 97.6 cm³/mol. The molecule has 4 heterocycles. The monoisotopic (exact) mass is 374 g/mol. The fourth-order valence-corrected chi connectivity index (χ4v) is 4.40. The summed E-state index contributed by atoms with van der Waals surface area (Å²) in [7, 11) is 0. The van der Waals surface area contributed by atoms with Crippen molar-refractivity contribution in [2.24, 2.45) is 0 Å². The molecular formula is C16H18N6OS2. The van der Waals surface area contributed by atoms with Gasteiger partial charge in [0.15, 0.2) is 10.7 Å². The number of thiazole rings is 1. The molecule has 0 spiro atoms. The van der Waals surface area contributed by atoms with E-state index in [1.165, 1.54) is 29.5 Å². The van der Waals surface area contributed by atoms with Gasteiger partial charge in [-0.2, -0.15) is 9.61 Å². The zero-order valence-electron chi connectivity index (χ0n) is 13.8. The minimum atomic E-state index is -0.164. The summed E-state index contributed by atoms with van der Waals surface area (Å²) < 4.78 is 1.69. The molecule has 7 nitrogen and oxygen atoms in total. The van der Waals surface area contributed by atoms with Gasteiger partial charge in [0.05, 0.1) is 5.25 Å². The molecule has 9 heteroatoms. The van der Waals surface area contributed by atoms with Gasteiger partial charge in [0.25, 0.3) is 0 Å². The lowest BCUT2D eigenvalue weighted by molar-refractivity contribution is -0.131. The van der Waals surface area contributed by atoms with Gasteiger partial charge in [-0.3, -0.25) is 4.79 Å². The standard InChI is InChI=1S/C16H18N6OS2/c1-11(16(23)21-8-3-2-4-9-21)25-13-6-5-12-18-19-14(22(12)20-13)15-17-7-10-24-15/h5-7,10-11H,2-4,8-9H2,1H3. The highest BCUT2D eigenvalue weighted by atomic mass is 32.2. The Bertz CT molecular complexity index is 872. The second-order valence-electron chi connectivity index (χ2n) is 5.95. The van der Waals surface area contributed by atoms with Crippen LogP contribution in [0.4, 0.5) is 0 Å². The third-order valence-electron chi connectivity index (χ3n) is 4.17. The Hall–Kier alpha value is -2.00. The quantitative estimate of drug-likeness (QED) is 0.654. The van der Waals surface area contributed by atoms with E-state index in [1.807, 2.05) is 29.3 Å². The number of fused-ring (bicyclic) bond motifs is 1. The Morgan fingerprint density at radius 1 is 1.24 bits per heavy atom. The van der Waals surface area contributed by atoms with E-state index < -0.39 is 0 Å². The Morgan fingerprint density at radius 2 is 2.08 bits per heavy atom. The summed E-state index contributed by atoms with van der Waals surface area (Å²) in [4.78, 5) is 18.9. The van der Waals surface area contributed by atoms with Crippen molar-refractivity contribution >= 4 is 34.7 Å². The summed E-state index contributed by atoms with van der Waals surface area (Å²) in [6.07, 6.45) is 5.16. The minimum Gasteiger partial charge on any atom is -0.342 e. The summed E-state index contributed by atoms with van der Waals surface area (Å²) in [6, 6.07) is 3.76. The first-order chi connectivity index (χ1) is 12.2. The molecule has 0 N–H and O–H groups in total. The Labute approximate surface area is 153 Å². The molecule has 0 aliphatic carbocycles. The first-order valence-corrected chi connectivity index (χ1v) is 10.1. The molecule has 0 aromatic carbocycles. The van der Waals surface area contributed by atoms with Crippen molar-refractivity contribution in [2.45, 2.75) is 36.5 Å². The van der Waals surface area contributed by atoms with Crippen molar-refractivity contribution < 1.29 is 4.79 Å². The number of nitrogens with zero attached hydrogens (tertiary/aromatic N) is 6. The summed E-state index contributed by atoms with van der Waals surface area (Å²) >= 11 is 2.97. The van der Waals surface area contributed by atoms with Crippen LogP contribution in [0.25, 0.3) is 16.5 Å². The normalized spacial score (nSPS) is 16.3. The van der Waals surface area contributed by atoms with Crippen LogP contribution < -0.4 is 0 Å². The van der Waals surface area contributed by atoms with Crippen LogP contribution in [-0.4, -0.2) is 53.9 Å². The number of thioether (sulfide) groups is 1. The maximum Gasteiger partial charge on any atom is 0.235 e. The largest absolute Gasteiger partial charge is 0.342 e. The molecule has 1 saturated heterocycles. The maximum atomic E-state index is 12.6. The number of carbonyl (C=O) groups is 1. The highest BCUT2D eigenvalue weighted by molar-refractivity contribution is 8.00. The van der Waals surface area contributed by atoms with Gasteiger partial charge < -0.3 is 4.90 Å². The minimum absolute atomic E-state index is 0.164. The summed E-state index contributed by atoms with van der Waals surface area (Å²) in [5.41, 5.74) is 0.671. The number of likely N-dealkylation sites (tertiary alicyclic amines) is 1. The van der Waals surface area contributed by atoms with E-state index in [2.05, 4.69) is 20.3 Å². The molecule has 25 heavy (non-hydrogen) atoms. The lowest BCUT2D eigenvalue weighted by Crippen LogP contribution is -2.40. The van der Waals surface area contributed by atoms with Crippen LogP contribution in [0.15, 0.2) is 28.7 Å². The van der Waals surface area contributed by atoms with E-state index in [-0.39, 0.29) is 11.2 Å². The molecule has 0 bridgehead atoms. The van der Waals surface area contributed by atoms with Gasteiger partial charge in [0, 0.05) is 24.7 Å². The van der Waals surface area contributed by atoms with Crippen LogP contribution in [0.1, 0.15) is 26.2 Å². The number of hydrogen-bond acceptors (Lipinski definition) is 7. The Morgan fingerprint density at radius 3 is 2.84 bits per heavy atom. The second kappa shape index (κ2) is 7.09. The zero-order valence-corrected chi connectivity index (χ0v) is 15.5. The molecule has 0 saturated carbocycles. The van der Waals surface area contributed by atoms with E-state index in [9.17, 15) is 4.79 Å². The van der Waals surface area contributed by atoms with E-state index >= 15 is 0 Å². The van der Waals surface area contributed by atoms with Crippen molar-refractivity contribution in [3.05, 3.63) is 23.7 Å².